The summed E-state index contributed by atoms with van der Waals surface area (Å²) < 4.78 is 27.6. The number of aliphatic carboxylic acids is 1. The third kappa shape index (κ3) is 5.39. The van der Waals surface area contributed by atoms with Crippen molar-refractivity contribution in [2.45, 2.75) is 37.1 Å². The van der Waals surface area contributed by atoms with E-state index in [0.29, 0.717) is 4.47 Å². The number of amides is 1. The number of carboxylic acid groups (broad SMARTS) is 1. The second-order valence-corrected chi connectivity index (χ2v) is 8.02. The smallest absolute Gasteiger partial charge is 0.303 e. The lowest BCUT2D eigenvalue weighted by atomic mass is 10.0. The standard InChI is InChI=1S/C13H17BrN2O5S/c1-13(2,4-3-11(17)18)16-22(20,21)10-6-8(12(15)19)5-9(14)7-10/h5-7,16H,3-4H2,1-2H3,(H2,15,19)(H,17,18). The first-order valence-corrected chi connectivity index (χ1v) is 8.57. The SMILES string of the molecule is CC(C)(CCC(=O)O)NS(=O)(=O)c1cc(Br)cc(C(N)=O)c1. The van der Waals surface area contributed by atoms with Crippen molar-refractivity contribution < 1.29 is 23.1 Å². The fraction of sp³-hybridized carbons (Fsp3) is 0.385. The first-order chi connectivity index (χ1) is 9.93. The Kier molecular flexibility index (Phi) is 5.71. The van der Waals surface area contributed by atoms with Crippen LogP contribution in [0, 0.1) is 0 Å². The summed E-state index contributed by atoms with van der Waals surface area (Å²) in [6, 6.07) is 3.92. The van der Waals surface area contributed by atoms with Crippen LogP contribution in [0.1, 0.15) is 37.0 Å². The minimum absolute atomic E-state index is 0.0538. The van der Waals surface area contributed by atoms with Gasteiger partial charge in [-0.3, -0.25) is 9.59 Å². The van der Waals surface area contributed by atoms with Gasteiger partial charge in [0.1, 0.15) is 0 Å². The fourth-order valence-corrected chi connectivity index (χ4v) is 3.91. The molecule has 0 saturated carbocycles. The first kappa shape index (κ1) is 18.6. The second kappa shape index (κ2) is 6.76. The molecular weight excluding hydrogens is 376 g/mol. The quantitative estimate of drug-likeness (QED) is 0.647. The van der Waals surface area contributed by atoms with Crippen LogP contribution in [0.2, 0.25) is 0 Å². The van der Waals surface area contributed by atoms with Crippen LogP contribution in [0.3, 0.4) is 0 Å². The van der Waals surface area contributed by atoms with Crippen LogP contribution in [0.4, 0.5) is 0 Å². The Balaban J connectivity index is 3.09. The van der Waals surface area contributed by atoms with Gasteiger partial charge in [0.15, 0.2) is 0 Å². The molecule has 0 atom stereocenters. The van der Waals surface area contributed by atoms with Gasteiger partial charge >= 0.3 is 5.97 Å². The van der Waals surface area contributed by atoms with Gasteiger partial charge in [-0.2, -0.15) is 0 Å². The highest BCUT2D eigenvalue weighted by atomic mass is 79.9. The highest BCUT2D eigenvalue weighted by Gasteiger charge is 2.27. The van der Waals surface area contributed by atoms with E-state index < -0.39 is 27.4 Å². The molecular formula is C13H17BrN2O5S. The van der Waals surface area contributed by atoms with E-state index in [2.05, 4.69) is 20.7 Å². The summed E-state index contributed by atoms with van der Waals surface area (Å²) in [5, 5.41) is 8.69. The van der Waals surface area contributed by atoms with Gasteiger partial charge in [-0.1, -0.05) is 15.9 Å². The number of carboxylic acids is 1. The molecule has 0 bridgehead atoms. The molecule has 1 amide bonds. The van der Waals surface area contributed by atoms with Crippen molar-refractivity contribution in [3.8, 4) is 0 Å². The molecule has 0 radical (unpaired) electrons. The highest BCUT2D eigenvalue weighted by Crippen LogP contribution is 2.22. The van der Waals surface area contributed by atoms with E-state index in [1.54, 1.807) is 13.8 Å². The Morgan fingerprint density at radius 2 is 1.91 bits per heavy atom. The zero-order valence-corrected chi connectivity index (χ0v) is 14.5. The second-order valence-electron chi connectivity index (χ2n) is 5.42. The predicted molar refractivity (Wildman–Crippen MR) is 83.9 cm³/mol. The lowest BCUT2D eigenvalue weighted by Gasteiger charge is -2.25. The molecule has 0 heterocycles. The number of carbonyl (C=O) groups is 2. The molecule has 22 heavy (non-hydrogen) atoms. The van der Waals surface area contributed by atoms with Crippen LogP contribution in [-0.4, -0.2) is 30.9 Å². The number of nitrogens with one attached hydrogen (secondary N) is 1. The molecule has 122 valence electrons. The van der Waals surface area contributed by atoms with Crippen LogP contribution in [0.5, 0.6) is 0 Å². The maximum absolute atomic E-state index is 12.4. The maximum atomic E-state index is 12.4. The van der Waals surface area contributed by atoms with Gasteiger partial charge in [0, 0.05) is 22.0 Å². The minimum Gasteiger partial charge on any atom is -0.481 e. The van der Waals surface area contributed by atoms with Crippen molar-refractivity contribution in [2.24, 2.45) is 5.73 Å². The van der Waals surface area contributed by atoms with Gasteiger partial charge in [0.2, 0.25) is 15.9 Å². The summed E-state index contributed by atoms with van der Waals surface area (Å²) in [7, 11) is -3.93. The number of rotatable bonds is 7. The predicted octanol–water partition coefficient (Wildman–Crippen LogP) is 1.47. The molecule has 0 unspecified atom stereocenters. The van der Waals surface area contributed by atoms with Gasteiger partial charge in [-0.25, -0.2) is 13.1 Å². The van der Waals surface area contributed by atoms with Gasteiger partial charge in [-0.05, 0) is 38.5 Å². The van der Waals surface area contributed by atoms with Crippen LogP contribution >= 0.6 is 15.9 Å². The number of benzene rings is 1. The molecule has 1 aromatic carbocycles. The van der Waals surface area contributed by atoms with Crippen molar-refractivity contribution in [3.05, 3.63) is 28.2 Å². The monoisotopic (exact) mass is 392 g/mol. The van der Waals surface area contributed by atoms with Gasteiger partial charge in [-0.15, -0.1) is 0 Å². The number of carbonyl (C=O) groups excluding carboxylic acids is 1. The van der Waals surface area contributed by atoms with Gasteiger partial charge < -0.3 is 10.8 Å². The van der Waals surface area contributed by atoms with Crippen LogP contribution in [0.15, 0.2) is 27.6 Å². The number of primary amides is 1. The molecule has 0 aliphatic rings. The zero-order valence-electron chi connectivity index (χ0n) is 12.1. The summed E-state index contributed by atoms with van der Waals surface area (Å²) in [6.07, 6.45) is -0.0429. The molecule has 7 nitrogen and oxygen atoms in total. The summed E-state index contributed by atoms with van der Waals surface area (Å²) in [4.78, 5) is 21.7. The van der Waals surface area contributed by atoms with Crippen LogP contribution in [-0.2, 0) is 14.8 Å². The Morgan fingerprint density at radius 3 is 2.41 bits per heavy atom. The fourth-order valence-electron chi connectivity index (χ4n) is 1.75. The van der Waals surface area contributed by atoms with Crippen molar-refractivity contribution in [3.63, 3.8) is 0 Å². The molecule has 0 aromatic heterocycles. The van der Waals surface area contributed by atoms with Crippen LogP contribution < -0.4 is 10.5 Å². The van der Waals surface area contributed by atoms with Crippen molar-refractivity contribution >= 4 is 37.8 Å². The molecule has 9 heteroatoms. The number of hydrogen-bond acceptors (Lipinski definition) is 4. The lowest BCUT2D eigenvalue weighted by Crippen LogP contribution is -2.43. The highest BCUT2D eigenvalue weighted by molar-refractivity contribution is 9.10. The average Bonchev–Trinajstić information content (AvgIpc) is 2.34. The van der Waals surface area contributed by atoms with E-state index in [1.165, 1.54) is 18.2 Å². The molecule has 0 fully saturated rings. The summed E-state index contributed by atoms with van der Waals surface area (Å²) in [5.41, 5.74) is 4.26. The topological polar surface area (TPSA) is 127 Å². The van der Waals surface area contributed by atoms with E-state index in [1.807, 2.05) is 0 Å². The van der Waals surface area contributed by atoms with E-state index in [9.17, 15) is 18.0 Å². The van der Waals surface area contributed by atoms with E-state index in [0.717, 1.165) is 0 Å². The number of hydrogen-bond donors (Lipinski definition) is 3. The van der Waals surface area contributed by atoms with Crippen LogP contribution in [0.25, 0.3) is 0 Å². The normalized spacial score (nSPS) is 12.1. The number of sulfonamides is 1. The van der Waals surface area contributed by atoms with Crippen molar-refractivity contribution in [1.82, 2.24) is 4.72 Å². The number of nitrogens with two attached hydrogens (primary N) is 1. The van der Waals surface area contributed by atoms with E-state index >= 15 is 0 Å². The van der Waals surface area contributed by atoms with Gasteiger partial charge in [0.25, 0.3) is 0 Å². The lowest BCUT2D eigenvalue weighted by molar-refractivity contribution is -0.137. The van der Waals surface area contributed by atoms with Crippen molar-refractivity contribution in [1.29, 1.82) is 0 Å². The zero-order chi connectivity index (χ0) is 17.1. The maximum Gasteiger partial charge on any atom is 0.303 e. The Bertz CT molecular complexity index is 700. The third-order valence-corrected chi connectivity index (χ3v) is 4.98. The molecule has 1 rings (SSSR count). The van der Waals surface area contributed by atoms with Crippen molar-refractivity contribution in [2.75, 3.05) is 0 Å². The molecule has 1 aromatic rings. The molecule has 0 saturated heterocycles. The molecule has 0 spiro atoms. The number of halogens is 1. The Labute approximate surface area is 137 Å². The third-order valence-electron chi connectivity index (χ3n) is 2.84. The summed E-state index contributed by atoms with van der Waals surface area (Å²) in [6.45, 7) is 3.17. The van der Waals surface area contributed by atoms with E-state index in [4.69, 9.17) is 10.8 Å². The summed E-state index contributed by atoms with van der Waals surface area (Å²) >= 11 is 3.13. The average molecular weight is 393 g/mol. The minimum atomic E-state index is -3.93. The Hall–Kier alpha value is -1.45. The molecule has 0 aliphatic heterocycles. The van der Waals surface area contributed by atoms with Gasteiger partial charge in [0.05, 0.1) is 4.90 Å². The summed E-state index contributed by atoms with van der Waals surface area (Å²) in [5.74, 6) is -1.76. The van der Waals surface area contributed by atoms with E-state index in [-0.39, 0.29) is 23.3 Å². The molecule has 4 N–H and O–H groups in total. The molecule has 0 aliphatic carbocycles. The largest absolute Gasteiger partial charge is 0.481 e. The Morgan fingerprint density at radius 1 is 1.32 bits per heavy atom. The first-order valence-electron chi connectivity index (χ1n) is 6.29.